The number of amides is 1. The minimum Gasteiger partial charge on any atom is -0.494 e. The van der Waals surface area contributed by atoms with Crippen molar-refractivity contribution < 1.29 is 9.53 Å². The van der Waals surface area contributed by atoms with Crippen LogP contribution < -0.4 is 10.2 Å². The van der Waals surface area contributed by atoms with Gasteiger partial charge >= 0.3 is 0 Å². The molecule has 0 aliphatic carbocycles. The fourth-order valence-corrected chi connectivity index (χ4v) is 3.93. The van der Waals surface area contributed by atoms with Crippen LogP contribution in [0.5, 0.6) is 5.75 Å². The van der Waals surface area contributed by atoms with Crippen LogP contribution in [0.3, 0.4) is 0 Å². The number of pyridine rings is 1. The third-order valence-electron chi connectivity index (χ3n) is 4.83. The molecule has 0 bridgehead atoms. The summed E-state index contributed by atoms with van der Waals surface area (Å²) in [6.07, 6.45) is 3.44. The van der Waals surface area contributed by atoms with Gasteiger partial charge in [0.2, 0.25) is 0 Å². The van der Waals surface area contributed by atoms with E-state index >= 15 is 0 Å². The zero-order valence-corrected chi connectivity index (χ0v) is 19.7. The highest BCUT2D eigenvalue weighted by molar-refractivity contribution is 7.99. The Hall–Kier alpha value is -3.98. The summed E-state index contributed by atoms with van der Waals surface area (Å²) in [5, 5.41) is 13.5. The van der Waals surface area contributed by atoms with Crippen LogP contribution in [-0.4, -0.2) is 43.7 Å². The summed E-state index contributed by atoms with van der Waals surface area (Å²) in [4.78, 5) is 16.7. The Morgan fingerprint density at radius 2 is 1.85 bits per heavy atom. The largest absolute Gasteiger partial charge is 0.494 e. The summed E-state index contributed by atoms with van der Waals surface area (Å²) in [6, 6.07) is 21.1. The molecule has 4 aromatic rings. The third-order valence-corrected chi connectivity index (χ3v) is 5.76. The molecular weight excluding hydrogens is 448 g/mol. The average Bonchev–Trinajstić information content (AvgIpc) is 3.31. The van der Waals surface area contributed by atoms with Gasteiger partial charge in [-0.2, -0.15) is 5.10 Å². The second kappa shape index (κ2) is 11.2. The van der Waals surface area contributed by atoms with Gasteiger partial charge in [-0.1, -0.05) is 42.1 Å². The maximum absolute atomic E-state index is 12.5. The van der Waals surface area contributed by atoms with E-state index in [1.807, 2.05) is 85.1 Å². The number of hydrazone groups is 1. The number of ether oxygens (including phenoxy) is 1. The molecule has 0 aliphatic heterocycles. The van der Waals surface area contributed by atoms with Crippen LogP contribution in [-0.2, 0) is 4.79 Å². The van der Waals surface area contributed by atoms with Crippen LogP contribution in [0, 0.1) is 0 Å². The van der Waals surface area contributed by atoms with Crippen LogP contribution in [0.25, 0.3) is 17.1 Å². The Balaban J connectivity index is 1.53. The maximum Gasteiger partial charge on any atom is 0.250 e. The van der Waals surface area contributed by atoms with E-state index in [9.17, 15) is 4.79 Å². The lowest BCUT2D eigenvalue weighted by molar-refractivity contribution is -0.118. The first-order valence-electron chi connectivity index (χ1n) is 10.8. The highest BCUT2D eigenvalue weighted by Crippen LogP contribution is 2.28. The van der Waals surface area contributed by atoms with Crippen molar-refractivity contribution in [1.29, 1.82) is 0 Å². The number of aromatic nitrogens is 4. The fourth-order valence-electron chi connectivity index (χ4n) is 3.19. The molecule has 0 saturated heterocycles. The lowest BCUT2D eigenvalue weighted by Crippen LogP contribution is -2.21. The number of carbonyl (C=O) groups excluding carboxylic acids is 1. The minimum absolute atomic E-state index is 0.133. The van der Waals surface area contributed by atoms with Crippen molar-refractivity contribution in [2.45, 2.75) is 19.0 Å². The van der Waals surface area contributed by atoms with Gasteiger partial charge in [0.15, 0.2) is 11.0 Å². The highest BCUT2D eigenvalue weighted by Gasteiger charge is 2.17. The standard InChI is InChI=1S/C25H24N6O2S/c1-3-33-22-13-11-21(12-14-22)31-24(20-10-7-15-26-16-20)29-30-25(31)34-17-23(32)28-27-18(2)19-8-5-4-6-9-19/h4-16H,3,17H2,1-2H3,(H,28,32). The number of nitrogens with one attached hydrogen (secondary N) is 1. The lowest BCUT2D eigenvalue weighted by atomic mass is 10.1. The molecular formula is C25H24N6O2S. The first-order chi connectivity index (χ1) is 16.7. The first-order valence-corrected chi connectivity index (χ1v) is 11.7. The van der Waals surface area contributed by atoms with E-state index in [1.165, 1.54) is 11.8 Å². The van der Waals surface area contributed by atoms with E-state index in [2.05, 4.69) is 25.7 Å². The van der Waals surface area contributed by atoms with Crippen molar-refractivity contribution in [2.24, 2.45) is 5.10 Å². The Labute approximate surface area is 202 Å². The second-order valence-electron chi connectivity index (χ2n) is 7.20. The van der Waals surface area contributed by atoms with Gasteiger partial charge in [-0.15, -0.1) is 10.2 Å². The van der Waals surface area contributed by atoms with E-state index in [4.69, 9.17) is 4.74 Å². The predicted octanol–water partition coefficient (Wildman–Crippen LogP) is 4.36. The average molecular weight is 473 g/mol. The highest BCUT2D eigenvalue weighted by atomic mass is 32.2. The van der Waals surface area contributed by atoms with E-state index in [0.29, 0.717) is 17.6 Å². The number of hydrogen-bond acceptors (Lipinski definition) is 7. The minimum atomic E-state index is -0.232. The van der Waals surface area contributed by atoms with Crippen LogP contribution in [0.15, 0.2) is 89.4 Å². The summed E-state index contributed by atoms with van der Waals surface area (Å²) in [7, 11) is 0. The SMILES string of the molecule is CCOc1ccc(-n2c(SCC(=O)NN=C(C)c3ccccc3)nnc2-c2cccnc2)cc1. The van der Waals surface area contributed by atoms with Crippen molar-refractivity contribution >= 4 is 23.4 Å². The molecule has 0 aliphatic rings. The summed E-state index contributed by atoms with van der Waals surface area (Å²) in [6.45, 7) is 4.39. The number of nitrogens with zero attached hydrogens (tertiary/aromatic N) is 5. The van der Waals surface area contributed by atoms with Crippen molar-refractivity contribution in [1.82, 2.24) is 25.2 Å². The normalized spacial score (nSPS) is 11.3. The molecule has 172 valence electrons. The molecule has 2 aromatic carbocycles. The monoisotopic (exact) mass is 472 g/mol. The summed E-state index contributed by atoms with van der Waals surface area (Å²) < 4.78 is 7.47. The zero-order chi connectivity index (χ0) is 23.8. The summed E-state index contributed by atoms with van der Waals surface area (Å²) in [5.74, 6) is 1.32. The molecule has 1 amide bonds. The van der Waals surface area contributed by atoms with Gasteiger partial charge in [-0.05, 0) is 55.8 Å². The Kier molecular flexibility index (Phi) is 7.67. The molecule has 0 atom stereocenters. The molecule has 0 saturated carbocycles. The number of thioether (sulfide) groups is 1. The van der Waals surface area contributed by atoms with E-state index < -0.39 is 0 Å². The third kappa shape index (κ3) is 5.68. The number of hydrogen-bond donors (Lipinski definition) is 1. The van der Waals surface area contributed by atoms with Crippen molar-refractivity contribution in [3.05, 3.63) is 84.7 Å². The van der Waals surface area contributed by atoms with Crippen molar-refractivity contribution in [2.75, 3.05) is 12.4 Å². The first kappa shape index (κ1) is 23.2. The van der Waals surface area contributed by atoms with Gasteiger partial charge in [0.25, 0.3) is 5.91 Å². The quantitative estimate of drug-likeness (QED) is 0.221. The predicted molar refractivity (Wildman–Crippen MR) is 133 cm³/mol. The lowest BCUT2D eigenvalue weighted by Gasteiger charge is -2.11. The van der Waals surface area contributed by atoms with Gasteiger partial charge in [0, 0.05) is 23.6 Å². The number of rotatable bonds is 9. The van der Waals surface area contributed by atoms with Crippen molar-refractivity contribution in [3.63, 3.8) is 0 Å². The van der Waals surface area contributed by atoms with Gasteiger partial charge < -0.3 is 4.74 Å². The maximum atomic E-state index is 12.5. The Bertz CT molecular complexity index is 1260. The van der Waals surface area contributed by atoms with Gasteiger partial charge in [0.05, 0.1) is 18.1 Å². The molecule has 0 spiro atoms. The van der Waals surface area contributed by atoms with Gasteiger partial charge in [-0.3, -0.25) is 14.3 Å². The molecule has 9 heteroatoms. The van der Waals surface area contributed by atoms with Crippen LogP contribution in [0.2, 0.25) is 0 Å². The van der Waals surface area contributed by atoms with Gasteiger partial charge in [-0.25, -0.2) is 5.43 Å². The van der Waals surface area contributed by atoms with Gasteiger partial charge in [0.1, 0.15) is 5.75 Å². The molecule has 4 rings (SSSR count). The zero-order valence-electron chi connectivity index (χ0n) is 18.9. The smallest absolute Gasteiger partial charge is 0.250 e. The Morgan fingerprint density at radius 3 is 2.56 bits per heavy atom. The topological polar surface area (TPSA) is 94.3 Å². The molecule has 1 N–H and O–H groups in total. The molecule has 2 heterocycles. The molecule has 0 fully saturated rings. The summed E-state index contributed by atoms with van der Waals surface area (Å²) >= 11 is 1.28. The van der Waals surface area contributed by atoms with Crippen molar-refractivity contribution in [3.8, 4) is 22.8 Å². The number of carbonyl (C=O) groups is 1. The van der Waals surface area contributed by atoms with E-state index in [1.54, 1.807) is 12.4 Å². The molecule has 8 nitrogen and oxygen atoms in total. The second-order valence-corrected chi connectivity index (χ2v) is 8.14. The number of benzene rings is 2. The van der Waals surface area contributed by atoms with Crippen LogP contribution in [0.4, 0.5) is 0 Å². The molecule has 34 heavy (non-hydrogen) atoms. The van der Waals surface area contributed by atoms with E-state index in [-0.39, 0.29) is 11.7 Å². The van der Waals surface area contributed by atoms with Crippen LogP contribution >= 0.6 is 11.8 Å². The fraction of sp³-hybridized carbons (Fsp3) is 0.160. The molecule has 2 aromatic heterocycles. The van der Waals surface area contributed by atoms with Crippen LogP contribution in [0.1, 0.15) is 19.4 Å². The Morgan fingerprint density at radius 1 is 1.06 bits per heavy atom. The molecule has 0 radical (unpaired) electrons. The molecule has 0 unspecified atom stereocenters. The van der Waals surface area contributed by atoms with E-state index in [0.717, 1.165) is 28.3 Å². The summed E-state index contributed by atoms with van der Waals surface area (Å²) in [5.41, 5.74) is 5.97.